The summed E-state index contributed by atoms with van der Waals surface area (Å²) in [5.74, 6) is -5.52. The minimum atomic E-state index is -3.55. The topological polar surface area (TPSA) is 91.5 Å². The van der Waals surface area contributed by atoms with E-state index in [0.717, 1.165) is 12.1 Å². The number of carbonyl (C=O) groups is 1. The molecular weight excluding hydrogens is 441 g/mol. The molecule has 2 aromatic rings. The first kappa shape index (κ1) is 24.4. The van der Waals surface area contributed by atoms with Gasteiger partial charge in [0.2, 0.25) is 19.1 Å². The number of rotatable bonds is 8. The predicted molar refractivity (Wildman–Crippen MR) is 107 cm³/mol. The highest BCUT2D eigenvalue weighted by Crippen LogP contribution is 2.50. The molecule has 0 radical (unpaired) electrons. The van der Waals surface area contributed by atoms with Gasteiger partial charge in [-0.1, -0.05) is 28.9 Å². The SMILES string of the molecule is CCOP(C)(=O)C(Cc1nc(C(F)(F)c2ccc(Cl)cc2)no1)C(=O)OC(C)(C)C. The lowest BCUT2D eigenvalue weighted by Crippen LogP contribution is -2.33. The molecular formula is C19H24ClF2N2O5P. The minimum absolute atomic E-state index is 0.0940. The number of hydrogen-bond donors (Lipinski definition) is 0. The van der Waals surface area contributed by atoms with Crippen LogP contribution in [-0.2, 0) is 31.0 Å². The van der Waals surface area contributed by atoms with E-state index in [1.807, 2.05) is 0 Å². The molecule has 1 heterocycles. The van der Waals surface area contributed by atoms with Gasteiger partial charge in [0, 0.05) is 23.7 Å². The monoisotopic (exact) mass is 464 g/mol. The van der Waals surface area contributed by atoms with Gasteiger partial charge in [-0.25, -0.2) is 0 Å². The number of hydrogen-bond acceptors (Lipinski definition) is 7. The molecule has 1 aromatic heterocycles. The van der Waals surface area contributed by atoms with Crippen molar-refractivity contribution in [2.45, 2.75) is 51.3 Å². The van der Waals surface area contributed by atoms with Crippen molar-refractivity contribution in [1.29, 1.82) is 0 Å². The summed E-state index contributed by atoms with van der Waals surface area (Å²) < 4.78 is 57.8. The van der Waals surface area contributed by atoms with Crippen molar-refractivity contribution in [3.63, 3.8) is 0 Å². The number of ether oxygens (including phenoxy) is 1. The van der Waals surface area contributed by atoms with Gasteiger partial charge in [-0.2, -0.15) is 13.8 Å². The summed E-state index contributed by atoms with van der Waals surface area (Å²) >= 11 is 5.74. The third kappa shape index (κ3) is 6.09. The van der Waals surface area contributed by atoms with Crippen molar-refractivity contribution >= 4 is 24.9 Å². The van der Waals surface area contributed by atoms with Crippen LogP contribution in [-0.4, -0.2) is 40.6 Å². The number of esters is 1. The Hall–Kier alpha value is -1.83. The lowest BCUT2D eigenvalue weighted by Gasteiger charge is -2.26. The van der Waals surface area contributed by atoms with Crippen molar-refractivity contribution < 1.29 is 31.9 Å². The molecule has 0 fully saturated rings. The molecule has 2 atom stereocenters. The van der Waals surface area contributed by atoms with E-state index in [4.69, 9.17) is 25.4 Å². The maximum Gasteiger partial charge on any atom is 0.335 e. The van der Waals surface area contributed by atoms with Gasteiger partial charge in [-0.05, 0) is 39.8 Å². The Kier molecular flexibility index (Phi) is 7.43. The number of halogens is 3. The molecule has 2 unspecified atom stereocenters. The van der Waals surface area contributed by atoms with Gasteiger partial charge >= 0.3 is 11.9 Å². The van der Waals surface area contributed by atoms with E-state index in [0.29, 0.717) is 5.02 Å². The first-order valence-electron chi connectivity index (χ1n) is 9.18. The molecule has 11 heteroatoms. The molecule has 0 saturated heterocycles. The number of alkyl halides is 2. The summed E-state index contributed by atoms with van der Waals surface area (Å²) in [5, 5.41) is 3.65. The van der Waals surface area contributed by atoms with E-state index >= 15 is 0 Å². The van der Waals surface area contributed by atoms with Crippen LogP contribution in [0.4, 0.5) is 8.78 Å². The standard InChI is InChI=1S/C19H24ClF2N2O5P/c1-6-27-30(5,26)14(16(25)28-18(2,3)4)11-15-23-17(24-29-15)19(21,22)12-7-9-13(20)10-8-12/h7-10,14H,6,11H2,1-5H3. The van der Waals surface area contributed by atoms with E-state index in [1.54, 1.807) is 27.7 Å². The zero-order valence-corrected chi connectivity index (χ0v) is 19.0. The summed E-state index contributed by atoms with van der Waals surface area (Å²) in [6, 6.07) is 4.94. The maximum atomic E-state index is 14.7. The fourth-order valence-corrected chi connectivity index (χ4v) is 4.32. The van der Waals surface area contributed by atoms with Crippen molar-refractivity contribution in [3.05, 3.63) is 46.6 Å². The first-order valence-corrected chi connectivity index (χ1v) is 11.7. The molecule has 0 aliphatic rings. The van der Waals surface area contributed by atoms with Crippen molar-refractivity contribution in [3.8, 4) is 0 Å². The minimum Gasteiger partial charge on any atom is -0.459 e. The fraction of sp³-hybridized carbons (Fsp3) is 0.526. The number of benzene rings is 1. The summed E-state index contributed by atoms with van der Waals surface area (Å²) in [6.45, 7) is 7.96. The van der Waals surface area contributed by atoms with Gasteiger partial charge in [0.25, 0.3) is 0 Å². The predicted octanol–water partition coefficient (Wildman–Crippen LogP) is 5.06. The summed E-state index contributed by atoms with van der Waals surface area (Å²) in [6.07, 6.45) is -0.369. The van der Waals surface area contributed by atoms with Crippen molar-refractivity contribution in [2.75, 3.05) is 13.3 Å². The Labute approximate surface area is 178 Å². The van der Waals surface area contributed by atoms with E-state index in [2.05, 4.69) is 10.1 Å². The van der Waals surface area contributed by atoms with Gasteiger partial charge in [0.15, 0.2) is 0 Å². The van der Waals surface area contributed by atoms with Crippen LogP contribution in [0.15, 0.2) is 28.8 Å². The summed E-state index contributed by atoms with van der Waals surface area (Å²) in [5.41, 5.74) is -2.50. The molecule has 0 aliphatic heterocycles. The molecule has 0 amide bonds. The Morgan fingerprint density at radius 2 is 1.87 bits per heavy atom. The molecule has 30 heavy (non-hydrogen) atoms. The second kappa shape index (κ2) is 9.12. The maximum absolute atomic E-state index is 14.7. The van der Waals surface area contributed by atoms with E-state index in [9.17, 15) is 18.1 Å². The van der Waals surface area contributed by atoms with Gasteiger partial charge in [0.05, 0.1) is 6.61 Å². The largest absolute Gasteiger partial charge is 0.459 e. The fourth-order valence-electron chi connectivity index (χ4n) is 2.58. The first-order chi connectivity index (χ1) is 13.8. The lowest BCUT2D eigenvalue weighted by molar-refractivity contribution is -0.154. The van der Waals surface area contributed by atoms with Crippen LogP contribution in [0.3, 0.4) is 0 Å². The highest BCUT2D eigenvalue weighted by atomic mass is 35.5. The summed E-state index contributed by atoms with van der Waals surface area (Å²) in [7, 11) is -3.51. The molecule has 0 spiro atoms. The smallest absolute Gasteiger partial charge is 0.335 e. The highest BCUT2D eigenvalue weighted by Gasteiger charge is 2.43. The van der Waals surface area contributed by atoms with E-state index < -0.39 is 36.3 Å². The van der Waals surface area contributed by atoms with Gasteiger partial charge in [-0.3, -0.25) is 9.36 Å². The van der Waals surface area contributed by atoms with Crippen molar-refractivity contribution in [1.82, 2.24) is 10.1 Å². The van der Waals surface area contributed by atoms with Gasteiger partial charge in [-0.15, -0.1) is 0 Å². The molecule has 1 aromatic carbocycles. The average Bonchev–Trinajstić information content (AvgIpc) is 3.08. The van der Waals surface area contributed by atoms with Crippen LogP contribution in [0.1, 0.15) is 45.0 Å². The van der Waals surface area contributed by atoms with Crippen LogP contribution in [0.25, 0.3) is 0 Å². The van der Waals surface area contributed by atoms with E-state index in [1.165, 1.54) is 18.8 Å². The average molecular weight is 465 g/mol. The molecule has 0 aliphatic carbocycles. The number of aromatic nitrogens is 2. The second-order valence-corrected chi connectivity index (χ2v) is 10.8. The zero-order chi connectivity index (χ0) is 22.7. The Morgan fingerprint density at radius 1 is 1.27 bits per heavy atom. The third-order valence-corrected chi connectivity index (χ3v) is 6.50. The zero-order valence-electron chi connectivity index (χ0n) is 17.3. The third-order valence-electron chi connectivity index (χ3n) is 3.95. The Balaban J connectivity index is 2.31. The molecule has 166 valence electrons. The molecule has 2 rings (SSSR count). The van der Waals surface area contributed by atoms with Crippen LogP contribution < -0.4 is 0 Å². The van der Waals surface area contributed by atoms with Crippen LogP contribution in [0, 0.1) is 0 Å². The lowest BCUT2D eigenvalue weighted by atomic mass is 10.1. The Bertz CT molecular complexity index is 928. The normalized spacial score (nSPS) is 15.5. The number of carbonyl (C=O) groups excluding carboxylic acids is 1. The van der Waals surface area contributed by atoms with Crippen molar-refractivity contribution in [2.24, 2.45) is 0 Å². The van der Waals surface area contributed by atoms with Crippen LogP contribution in [0.2, 0.25) is 5.02 Å². The Morgan fingerprint density at radius 3 is 2.40 bits per heavy atom. The number of nitrogens with zero attached hydrogens (tertiary/aromatic N) is 2. The molecule has 0 saturated carbocycles. The second-order valence-electron chi connectivity index (χ2n) is 7.67. The quantitative estimate of drug-likeness (QED) is 0.398. The molecule has 7 nitrogen and oxygen atoms in total. The van der Waals surface area contributed by atoms with E-state index in [-0.39, 0.29) is 24.5 Å². The van der Waals surface area contributed by atoms with Gasteiger partial charge < -0.3 is 13.8 Å². The van der Waals surface area contributed by atoms with Gasteiger partial charge in [0.1, 0.15) is 11.3 Å². The summed E-state index contributed by atoms with van der Waals surface area (Å²) in [4.78, 5) is 16.3. The highest BCUT2D eigenvalue weighted by molar-refractivity contribution is 7.60. The molecule has 0 bridgehead atoms. The molecule has 0 N–H and O–H groups in total. The van der Waals surface area contributed by atoms with Crippen LogP contribution >= 0.6 is 19.0 Å². The van der Waals surface area contributed by atoms with Crippen LogP contribution in [0.5, 0.6) is 0 Å².